The van der Waals surface area contributed by atoms with Crippen molar-refractivity contribution < 1.29 is 14.0 Å². The van der Waals surface area contributed by atoms with Crippen LogP contribution in [0.15, 0.2) is 23.1 Å². The highest BCUT2D eigenvalue weighted by atomic mass is 32.2. The van der Waals surface area contributed by atoms with Crippen LogP contribution in [0.1, 0.15) is 42.5 Å². The molecule has 1 atom stereocenters. The molecule has 0 bridgehead atoms. The van der Waals surface area contributed by atoms with Crippen molar-refractivity contribution in [2.45, 2.75) is 43.0 Å². The first-order chi connectivity index (χ1) is 11.1. The van der Waals surface area contributed by atoms with Crippen LogP contribution in [0.5, 0.6) is 0 Å². The van der Waals surface area contributed by atoms with Crippen molar-refractivity contribution in [1.29, 1.82) is 5.26 Å². The van der Waals surface area contributed by atoms with Crippen LogP contribution < -0.4 is 5.32 Å². The highest BCUT2D eigenvalue weighted by Gasteiger charge is 2.29. The van der Waals surface area contributed by atoms with E-state index in [1.807, 2.05) is 0 Å². The summed E-state index contributed by atoms with van der Waals surface area (Å²) in [6.45, 7) is 0. The Morgan fingerprint density at radius 3 is 2.65 bits per heavy atom. The van der Waals surface area contributed by atoms with Gasteiger partial charge >= 0.3 is 0 Å². The van der Waals surface area contributed by atoms with E-state index in [-0.39, 0.29) is 11.6 Å². The van der Waals surface area contributed by atoms with E-state index in [1.54, 1.807) is 12.3 Å². The van der Waals surface area contributed by atoms with Crippen molar-refractivity contribution >= 4 is 23.5 Å². The average Bonchev–Trinajstić information content (AvgIpc) is 2.56. The first-order valence-corrected chi connectivity index (χ1v) is 8.87. The van der Waals surface area contributed by atoms with Crippen LogP contribution in [-0.4, -0.2) is 24.0 Å². The minimum atomic E-state index is -1.39. The number of amides is 1. The Morgan fingerprint density at radius 2 is 2.04 bits per heavy atom. The van der Waals surface area contributed by atoms with E-state index in [2.05, 4.69) is 5.32 Å². The number of carbonyl (C=O) groups is 2. The molecule has 1 amide bonds. The fraction of sp³-hybridized carbons (Fsp3) is 0.471. The zero-order chi connectivity index (χ0) is 16.8. The highest BCUT2D eigenvalue weighted by Crippen LogP contribution is 2.23. The smallest absolute Gasteiger partial charge is 0.245 e. The Morgan fingerprint density at radius 1 is 1.35 bits per heavy atom. The number of rotatable bonds is 5. The lowest BCUT2D eigenvalue weighted by Gasteiger charge is -2.23. The van der Waals surface area contributed by atoms with Gasteiger partial charge in [0.15, 0.2) is 11.7 Å². The molecule has 4 nitrogen and oxygen atoms in total. The number of halogens is 1. The molecule has 0 saturated heterocycles. The van der Waals surface area contributed by atoms with Crippen molar-refractivity contribution in [2.24, 2.45) is 5.92 Å². The predicted octanol–water partition coefficient (Wildman–Crippen LogP) is 3.32. The Kier molecular flexibility index (Phi) is 6.17. The quantitative estimate of drug-likeness (QED) is 0.509. The Labute approximate surface area is 139 Å². The van der Waals surface area contributed by atoms with E-state index >= 15 is 0 Å². The van der Waals surface area contributed by atoms with Gasteiger partial charge in [-0.1, -0.05) is 19.3 Å². The maximum Gasteiger partial charge on any atom is 0.245 e. The lowest BCUT2D eigenvalue weighted by molar-refractivity contribution is -0.123. The number of benzene rings is 1. The summed E-state index contributed by atoms with van der Waals surface area (Å²) in [7, 11) is 0. The second-order valence-electron chi connectivity index (χ2n) is 5.62. The lowest BCUT2D eigenvalue weighted by atomic mass is 9.93. The normalized spacial score (nSPS) is 16.4. The lowest BCUT2D eigenvalue weighted by Crippen LogP contribution is -2.42. The third-order valence-corrected chi connectivity index (χ3v) is 4.79. The standard InChI is InChI=1S/C17H19FN2O2S/c1-23-15-9-11(7-8-14(15)18)16(21)13(10-19)17(22)20-12-5-3-2-4-6-12/h7-9,12-13H,2-6H2,1H3,(H,20,22)/t13-/m1/s1. The van der Waals surface area contributed by atoms with E-state index < -0.39 is 23.4 Å². The maximum atomic E-state index is 13.5. The third-order valence-electron chi connectivity index (χ3n) is 4.04. The van der Waals surface area contributed by atoms with Crippen LogP contribution in [0.2, 0.25) is 0 Å². The molecule has 1 saturated carbocycles. The molecule has 0 aliphatic heterocycles. The number of ketones is 1. The summed E-state index contributed by atoms with van der Waals surface area (Å²) >= 11 is 1.17. The van der Waals surface area contributed by atoms with Gasteiger partial charge < -0.3 is 5.32 Å². The van der Waals surface area contributed by atoms with Crippen LogP contribution in [0, 0.1) is 23.1 Å². The fourth-order valence-corrected chi connectivity index (χ4v) is 3.26. The fourth-order valence-electron chi connectivity index (χ4n) is 2.75. The van der Waals surface area contributed by atoms with Crippen molar-refractivity contribution in [1.82, 2.24) is 5.32 Å². The van der Waals surface area contributed by atoms with Gasteiger partial charge in [0.05, 0.1) is 6.07 Å². The molecule has 1 aliphatic rings. The SMILES string of the molecule is CSc1cc(C(=O)[C@@H](C#N)C(=O)NC2CCCCC2)ccc1F. The van der Waals surface area contributed by atoms with Crippen LogP contribution in [-0.2, 0) is 4.79 Å². The zero-order valence-corrected chi connectivity index (χ0v) is 13.8. The number of nitrogens with zero attached hydrogens (tertiary/aromatic N) is 1. The third kappa shape index (κ3) is 4.32. The van der Waals surface area contributed by atoms with Gasteiger partial charge in [-0.05, 0) is 37.3 Å². The van der Waals surface area contributed by atoms with Gasteiger partial charge in [-0.25, -0.2) is 4.39 Å². The molecule has 122 valence electrons. The molecule has 1 N–H and O–H groups in total. The second-order valence-corrected chi connectivity index (χ2v) is 6.47. The first kappa shape index (κ1) is 17.5. The molecule has 1 aliphatic carbocycles. The number of thioether (sulfide) groups is 1. The number of hydrogen-bond acceptors (Lipinski definition) is 4. The van der Waals surface area contributed by atoms with Crippen LogP contribution in [0.3, 0.4) is 0 Å². The van der Waals surface area contributed by atoms with Crippen LogP contribution in [0.25, 0.3) is 0 Å². The van der Waals surface area contributed by atoms with Gasteiger partial charge in [-0.2, -0.15) is 5.26 Å². The minimum absolute atomic E-state index is 0.0369. The van der Waals surface area contributed by atoms with Gasteiger partial charge in [0.2, 0.25) is 5.91 Å². The molecular formula is C17H19FN2O2S. The van der Waals surface area contributed by atoms with Crippen molar-refractivity contribution in [2.75, 3.05) is 6.26 Å². The summed E-state index contributed by atoms with van der Waals surface area (Å²) in [6.07, 6.45) is 6.71. The van der Waals surface area contributed by atoms with E-state index in [4.69, 9.17) is 0 Å². The molecule has 6 heteroatoms. The first-order valence-electron chi connectivity index (χ1n) is 7.64. The molecule has 23 heavy (non-hydrogen) atoms. The van der Waals surface area contributed by atoms with Gasteiger partial charge in [0, 0.05) is 16.5 Å². The van der Waals surface area contributed by atoms with Crippen LogP contribution >= 0.6 is 11.8 Å². The molecule has 2 rings (SSSR count). The van der Waals surface area contributed by atoms with Gasteiger partial charge in [-0.3, -0.25) is 9.59 Å². The van der Waals surface area contributed by atoms with E-state index in [1.165, 1.54) is 30.0 Å². The van der Waals surface area contributed by atoms with Crippen molar-refractivity contribution in [3.8, 4) is 6.07 Å². The number of nitrogens with one attached hydrogen (secondary N) is 1. The molecule has 0 spiro atoms. The van der Waals surface area contributed by atoms with Gasteiger partial charge in [-0.15, -0.1) is 11.8 Å². The second kappa shape index (κ2) is 8.11. The number of carbonyl (C=O) groups excluding carboxylic acids is 2. The van der Waals surface area contributed by atoms with Crippen LogP contribution in [0.4, 0.5) is 4.39 Å². The average molecular weight is 334 g/mol. The van der Waals surface area contributed by atoms with Crippen molar-refractivity contribution in [3.05, 3.63) is 29.6 Å². The minimum Gasteiger partial charge on any atom is -0.352 e. The van der Waals surface area contributed by atoms with E-state index in [9.17, 15) is 19.2 Å². The molecule has 1 aromatic rings. The van der Waals surface area contributed by atoms with Gasteiger partial charge in [0.25, 0.3) is 0 Å². The van der Waals surface area contributed by atoms with Gasteiger partial charge in [0.1, 0.15) is 5.82 Å². The molecule has 1 aromatic carbocycles. The molecule has 0 aromatic heterocycles. The molecule has 0 unspecified atom stereocenters. The topological polar surface area (TPSA) is 70.0 Å². The summed E-state index contributed by atoms with van der Waals surface area (Å²) in [5.41, 5.74) is 0.182. The molecule has 0 radical (unpaired) electrons. The van der Waals surface area contributed by atoms with E-state index in [0.29, 0.717) is 4.90 Å². The summed E-state index contributed by atoms with van der Waals surface area (Å²) in [5, 5.41) is 12.0. The maximum absolute atomic E-state index is 13.5. The zero-order valence-electron chi connectivity index (χ0n) is 13.0. The number of nitriles is 1. The molecule has 1 fully saturated rings. The summed E-state index contributed by atoms with van der Waals surface area (Å²) in [5.74, 6) is -2.96. The summed E-state index contributed by atoms with van der Waals surface area (Å²) in [4.78, 5) is 25.0. The van der Waals surface area contributed by atoms with Crippen molar-refractivity contribution in [3.63, 3.8) is 0 Å². The largest absolute Gasteiger partial charge is 0.352 e. The number of Topliss-reactive ketones (excluding diaryl/α,β-unsaturated/α-hetero) is 1. The highest BCUT2D eigenvalue weighted by molar-refractivity contribution is 7.98. The Bertz CT molecular complexity index is 636. The molecule has 0 heterocycles. The Balaban J connectivity index is 2.11. The molecular weight excluding hydrogens is 315 g/mol. The monoisotopic (exact) mass is 334 g/mol. The Hall–Kier alpha value is -1.87. The predicted molar refractivity (Wildman–Crippen MR) is 86.6 cm³/mol. The summed E-state index contributed by atoms with van der Waals surface area (Å²) < 4.78 is 13.5. The summed E-state index contributed by atoms with van der Waals surface area (Å²) in [6, 6.07) is 5.71. The van der Waals surface area contributed by atoms with E-state index in [0.717, 1.165) is 32.1 Å². The number of hydrogen-bond donors (Lipinski definition) is 1.